The number of aromatic nitrogens is 4. The Labute approximate surface area is 212 Å². The van der Waals surface area contributed by atoms with Crippen LogP contribution in [0.1, 0.15) is 61.8 Å². The number of hydrogen-bond donors (Lipinski definition) is 0. The molecule has 190 valence electrons. The molecule has 0 bridgehead atoms. The molecule has 0 spiro atoms. The first-order valence-corrected chi connectivity index (χ1v) is 13.9. The van der Waals surface area contributed by atoms with Crippen LogP contribution in [-0.4, -0.2) is 46.0 Å². The van der Waals surface area contributed by atoms with E-state index < -0.39 is 15.3 Å². The molecule has 2 heterocycles. The summed E-state index contributed by atoms with van der Waals surface area (Å²) in [5.74, 6) is 0.517. The van der Waals surface area contributed by atoms with Crippen LogP contribution in [0.5, 0.6) is 5.88 Å². The summed E-state index contributed by atoms with van der Waals surface area (Å²) in [5, 5.41) is -0.277. The van der Waals surface area contributed by atoms with Gasteiger partial charge < -0.3 is 4.74 Å². The molecule has 0 aliphatic heterocycles. The number of ketones is 1. The van der Waals surface area contributed by atoms with Crippen molar-refractivity contribution >= 4 is 15.6 Å². The van der Waals surface area contributed by atoms with Gasteiger partial charge in [-0.25, -0.2) is 23.4 Å². The van der Waals surface area contributed by atoms with E-state index in [0.29, 0.717) is 31.0 Å². The molecule has 4 rings (SSSR count). The lowest BCUT2D eigenvalue weighted by atomic mass is 9.80. The number of hydrogen-bond acceptors (Lipinski definition) is 8. The molecule has 9 heteroatoms. The predicted molar refractivity (Wildman–Crippen MR) is 138 cm³/mol. The van der Waals surface area contributed by atoms with E-state index in [2.05, 4.69) is 19.9 Å². The number of ether oxygens (including phenoxy) is 1. The Morgan fingerprint density at radius 2 is 1.83 bits per heavy atom. The molecule has 3 aromatic rings. The minimum Gasteiger partial charge on any atom is -0.477 e. The summed E-state index contributed by atoms with van der Waals surface area (Å²) in [5.41, 5.74) is 4.24. The van der Waals surface area contributed by atoms with Gasteiger partial charge in [0.15, 0.2) is 9.84 Å². The number of Topliss-reactive ketones (excluding diaryl/α,β-unsaturated/α-hetero) is 1. The fourth-order valence-corrected chi connectivity index (χ4v) is 5.71. The van der Waals surface area contributed by atoms with Gasteiger partial charge in [-0.3, -0.25) is 9.78 Å². The maximum atomic E-state index is 13.5. The standard InChI is InChI=1S/C27H32N4O4S/c1-6-35-26-15-28-14-22(30-26)21-10-7-19(17(2)18(21)3)13-24(32)27(4,5)23-11-12-29-25(31-23)16-36(33,34)20-8-9-20/h7,10-12,14-15,20H,6,8-9,13,16H2,1-5H3. The van der Waals surface area contributed by atoms with E-state index in [0.717, 1.165) is 27.9 Å². The highest BCUT2D eigenvalue weighted by molar-refractivity contribution is 7.91. The summed E-state index contributed by atoms with van der Waals surface area (Å²) in [7, 11) is -3.24. The topological polar surface area (TPSA) is 112 Å². The Bertz CT molecular complexity index is 1400. The van der Waals surface area contributed by atoms with E-state index in [1.165, 1.54) is 6.20 Å². The van der Waals surface area contributed by atoms with Gasteiger partial charge in [-0.15, -0.1) is 0 Å². The van der Waals surface area contributed by atoms with Gasteiger partial charge in [0.25, 0.3) is 0 Å². The Balaban J connectivity index is 1.55. The number of nitrogens with zero attached hydrogens (tertiary/aromatic N) is 4. The van der Waals surface area contributed by atoms with Crippen molar-refractivity contribution in [2.75, 3.05) is 6.61 Å². The Morgan fingerprint density at radius 3 is 2.53 bits per heavy atom. The lowest BCUT2D eigenvalue weighted by molar-refractivity contribution is -0.123. The molecule has 0 unspecified atom stereocenters. The summed E-state index contributed by atoms with van der Waals surface area (Å²) in [6.45, 7) is 10.1. The van der Waals surface area contributed by atoms with Crippen LogP contribution in [0.2, 0.25) is 0 Å². The van der Waals surface area contributed by atoms with Gasteiger partial charge in [-0.2, -0.15) is 0 Å². The number of benzene rings is 1. The average Bonchev–Trinajstić information content (AvgIpc) is 3.69. The number of sulfone groups is 1. The summed E-state index contributed by atoms with van der Waals surface area (Å²) in [6.07, 6.45) is 6.46. The van der Waals surface area contributed by atoms with Gasteiger partial charge in [0.2, 0.25) is 5.88 Å². The monoisotopic (exact) mass is 508 g/mol. The van der Waals surface area contributed by atoms with Crippen LogP contribution >= 0.6 is 0 Å². The van der Waals surface area contributed by atoms with Crippen molar-refractivity contribution < 1.29 is 17.9 Å². The zero-order valence-electron chi connectivity index (χ0n) is 21.4. The van der Waals surface area contributed by atoms with Crippen molar-refractivity contribution in [1.82, 2.24) is 19.9 Å². The largest absolute Gasteiger partial charge is 0.477 e. The number of carbonyl (C=O) groups excluding carboxylic acids is 1. The highest BCUT2D eigenvalue weighted by Gasteiger charge is 2.37. The van der Waals surface area contributed by atoms with Crippen LogP contribution in [0.3, 0.4) is 0 Å². The molecule has 0 saturated heterocycles. The zero-order chi connectivity index (χ0) is 26.1. The van der Waals surface area contributed by atoms with Gasteiger partial charge in [0, 0.05) is 18.2 Å². The van der Waals surface area contributed by atoms with Gasteiger partial charge in [-0.1, -0.05) is 12.1 Å². The van der Waals surface area contributed by atoms with Gasteiger partial charge >= 0.3 is 0 Å². The maximum Gasteiger partial charge on any atom is 0.232 e. The van der Waals surface area contributed by atoms with Crippen LogP contribution in [0.4, 0.5) is 0 Å². The third-order valence-corrected chi connectivity index (χ3v) is 8.98. The van der Waals surface area contributed by atoms with Crippen LogP contribution in [0.15, 0.2) is 36.8 Å². The van der Waals surface area contributed by atoms with Crippen LogP contribution in [0, 0.1) is 13.8 Å². The third kappa shape index (κ3) is 5.46. The fourth-order valence-electron chi connectivity index (χ4n) is 4.12. The van der Waals surface area contributed by atoms with Crippen molar-refractivity contribution in [3.63, 3.8) is 0 Å². The SMILES string of the molecule is CCOc1cncc(-c2ccc(CC(=O)C(C)(C)c3ccnc(CS(=O)(=O)C4CC4)n3)c(C)c2C)n1. The maximum absolute atomic E-state index is 13.5. The highest BCUT2D eigenvalue weighted by atomic mass is 32.2. The molecule has 0 radical (unpaired) electrons. The third-order valence-electron chi connectivity index (χ3n) is 6.84. The molecule has 36 heavy (non-hydrogen) atoms. The molecule has 1 aliphatic rings. The molecule has 1 fully saturated rings. The fraction of sp³-hybridized carbons (Fsp3) is 0.444. The number of carbonyl (C=O) groups is 1. The first kappa shape index (κ1) is 25.9. The first-order valence-electron chi connectivity index (χ1n) is 12.1. The van der Waals surface area contributed by atoms with Crippen molar-refractivity contribution in [2.24, 2.45) is 0 Å². The normalized spacial score (nSPS) is 14.0. The van der Waals surface area contributed by atoms with E-state index >= 15 is 0 Å². The Kier molecular flexibility index (Phi) is 7.22. The van der Waals surface area contributed by atoms with E-state index in [1.807, 2.05) is 46.8 Å². The van der Waals surface area contributed by atoms with Gasteiger partial charge in [0.1, 0.15) is 17.4 Å². The van der Waals surface area contributed by atoms with Crippen molar-refractivity contribution in [3.8, 4) is 17.1 Å². The predicted octanol–water partition coefficient (Wildman–Crippen LogP) is 4.12. The number of rotatable bonds is 10. The van der Waals surface area contributed by atoms with E-state index in [-0.39, 0.29) is 29.0 Å². The lowest BCUT2D eigenvalue weighted by Crippen LogP contribution is -2.32. The van der Waals surface area contributed by atoms with Crippen LogP contribution < -0.4 is 4.74 Å². The van der Waals surface area contributed by atoms with Crippen LogP contribution in [0.25, 0.3) is 11.3 Å². The minimum atomic E-state index is -3.24. The molecule has 1 saturated carbocycles. The smallest absolute Gasteiger partial charge is 0.232 e. The minimum absolute atomic E-state index is 0.00872. The van der Waals surface area contributed by atoms with Gasteiger partial charge in [0.05, 0.1) is 41.1 Å². The summed E-state index contributed by atoms with van der Waals surface area (Å²) in [6, 6.07) is 5.61. The molecular weight excluding hydrogens is 476 g/mol. The Morgan fingerprint density at radius 1 is 1.08 bits per heavy atom. The molecular formula is C27H32N4O4S. The second kappa shape index (κ2) is 10.0. The molecule has 0 amide bonds. The summed E-state index contributed by atoms with van der Waals surface area (Å²) < 4.78 is 30.3. The molecule has 8 nitrogen and oxygen atoms in total. The zero-order valence-corrected chi connectivity index (χ0v) is 22.2. The second-order valence-electron chi connectivity index (χ2n) is 9.79. The highest BCUT2D eigenvalue weighted by Crippen LogP contribution is 2.32. The van der Waals surface area contributed by atoms with Gasteiger partial charge in [-0.05, 0) is 70.2 Å². The summed E-state index contributed by atoms with van der Waals surface area (Å²) >= 11 is 0. The molecule has 2 aromatic heterocycles. The Hall–Kier alpha value is -3.20. The first-order chi connectivity index (χ1) is 17.0. The molecule has 0 N–H and O–H groups in total. The molecule has 1 aromatic carbocycles. The molecule has 0 atom stereocenters. The lowest BCUT2D eigenvalue weighted by Gasteiger charge is -2.24. The van der Waals surface area contributed by atoms with Crippen molar-refractivity contribution in [2.45, 2.75) is 70.3 Å². The van der Waals surface area contributed by atoms with Crippen LogP contribution in [-0.2, 0) is 32.2 Å². The quantitative estimate of drug-likeness (QED) is 0.402. The molecule has 1 aliphatic carbocycles. The van der Waals surface area contributed by atoms with E-state index in [9.17, 15) is 13.2 Å². The second-order valence-corrected chi connectivity index (χ2v) is 12.1. The summed E-state index contributed by atoms with van der Waals surface area (Å²) in [4.78, 5) is 30.9. The average molecular weight is 509 g/mol. The van der Waals surface area contributed by atoms with Crippen molar-refractivity contribution in [1.29, 1.82) is 0 Å². The van der Waals surface area contributed by atoms with E-state index in [1.54, 1.807) is 18.5 Å². The van der Waals surface area contributed by atoms with Crippen molar-refractivity contribution in [3.05, 3.63) is 65.0 Å². The van der Waals surface area contributed by atoms with E-state index in [4.69, 9.17) is 4.74 Å².